The van der Waals surface area contributed by atoms with E-state index in [4.69, 9.17) is 4.74 Å². The van der Waals surface area contributed by atoms with E-state index in [1.807, 2.05) is 0 Å². The van der Waals surface area contributed by atoms with E-state index in [1.165, 1.54) is 12.1 Å². The Hall–Kier alpha value is -3.12. The van der Waals surface area contributed by atoms with Crippen LogP contribution in [0, 0.1) is 13.8 Å². The fraction of sp³-hybridized carbons (Fsp3) is 0.136. The normalized spacial score (nSPS) is 18.1. The second kappa shape index (κ2) is 6.99. The SMILES string of the molecule is Cc1cc(C2(c3ccc(OP(=O)([O-])[O-])c(C)c3)OC(=O)c3ccccc32)ccc1O. The van der Waals surface area contributed by atoms with Gasteiger partial charge >= 0.3 is 5.97 Å². The number of phenolic OH excluding ortho intramolecular Hbond substituents is 1. The number of carbonyl (C=O) groups excluding carboxylic acids is 1. The molecule has 3 aromatic carbocycles. The van der Waals surface area contributed by atoms with Gasteiger partial charge in [0.25, 0.3) is 0 Å². The molecular weight excluding hydrogens is 407 g/mol. The van der Waals surface area contributed by atoms with Crippen LogP contribution in [0.1, 0.15) is 38.2 Å². The van der Waals surface area contributed by atoms with Crippen molar-refractivity contribution in [3.05, 3.63) is 94.0 Å². The van der Waals surface area contributed by atoms with Crippen molar-refractivity contribution >= 4 is 13.8 Å². The fourth-order valence-electron chi connectivity index (χ4n) is 3.78. The lowest BCUT2D eigenvalue weighted by atomic mass is 9.79. The standard InChI is InChI=1S/C22H19O7P/c1-13-11-15(7-9-19(13)23)22(18-6-4-3-5-17(18)21(24)28-22)16-8-10-20(14(2)12-16)29-30(25,26)27/h3-12,23H,1-2H3,(H2,25,26,27)/p-2. The predicted octanol–water partition coefficient (Wildman–Crippen LogP) is 2.68. The third-order valence-electron chi connectivity index (χ3n) is 5.17. The van der Waals surface area contributed by atoms with Crippen LogP contribution in [0.5, 0.6) is 11.5 Å². The van der Waals surface area contributed by atoms with Gasteiger partial charge < -0.3 is 28.7 Å². The molecule has 1 heterocycles. The van der Waals surface area contributed by atoms with Gasteiger partial charge in [0.05, 0.1) is 5.56 Å². The van der Waals surface area contributed by atoms with E-state index in [-0.39, 0.29) is 11.5 Å². The number of phenols is 1. The highest BCUT2D eigenvalue weighted by atomic mass is 31.2. The number of hydrogen-bond acceptors (Lipinski definition) is 7. The summed E-state index contributed by atoms with van der Waals surface area (Å²) in [6.07, 6.45) is 0. The minimum atomic E-state index is -5.22. The van der Waals surface area contributed by atoms with E-state index < -0.39 is 19.4 Å². The van der Waals surface area contributed by atoms with Gasteiger partial charge in [0.1, 0.15) is 19.3 Å². The lowest BCUT2D eigenvalue weighted by molar-refractivity contribution is -0.333. The average Bonchev–Trinajstić information content (AvgIpc) is 2.99. The Bertz CT molecular complexity index is 1210. The van der Waals surface area contributed by atoms with Gasteiger partial charge in [-0.25, -0.2) is 4.79 Å². The number of aryl methyl sites for hydroxylation is 2. The van der Waals surface area contributed by atoms with E-state index in [2.05, 4.69) is 4.52 Å². The topological polar surface area (TPSA) is 119 Å². The molecule has 7 nitrogen and oxygen atoms in total. The van der Waals surface area contributed by atoms with Crippen molar-refractivity contribution in [2.24, 2.45) is 0 Å². The van der Waals surface area contributed by atoms with Crippen LogP contribution in [0.3, 0.4) is 0 Å². The van der Waals surface area contributed by atoms with Crippen molar-refractivity contribution in [2.45, 2.75) is 19.4 Å². The summed E-state index contributed by atoms with van der Waals surface area (Å²) in [6.45, 7) is 3.32. The van der Waals surface area contributed by atoms with Gasteiger partial charge in [-0.3, -0.25) is 0 Å². The zero-order chi connectivity index (χ0) is 21.7. The van der Waals surface area contributed by atoms with Crippen LogP contribution in [0.4, 0.5) is 0 Å². The van der Waals surface area contributed by atoms with E-state index in [0.717, 1.165) is 0 Å². The molecule has 3 aromatic rings. The summed E-state index contributed by atoms with van der Waals surface area (Å²) in [5.74, 6) is -0.493. The summed E-state index contributed by atoms with van der Waals surface area (Å²) < 4.78 is 21.5. The summed E-state index contributed by atoms with van der Waals surface area (Å²) >= 11 is 0. The largest absolute Gasteiger partial charge is 0.780 e. The first-order valence-corrected chi connectivity index (χ1v) is 10.5. The summed E-state index contributed by atoms with van der Waals surface area (Å²) in [5, 5.41) is 9.97. The maximum atomic E-state index is 12.7. The number of hydrogen-bond donors (Lipinski definition) is 1. The first-order valence-electron chi connectivity index (χ1n) is 9.07. The van der Waals surface area contributed by atoms with Gasteiger partial charge in [-0.15, -0.1) is 0 Å². The number of carbonyl (C=O) groups is 1. The highest BCUT2D eigenvalue weighted by molar-refractivity contribution is 7.43. The smallest absolute Gasteiger partial charge is 0.340 e. The monoisotopic (exact) mass is 424 g/mol. The Balaban J connectivity index is 1.97. The van der Waals surface area contributed by atoms with Crippen molar-refractivity contribution in [3.8, 4) is 11.5 Å². The molecule has 0 radical (unpaired) electrons. The molecule has 154 valence electrons. The number of rotatable bonds is 4. The fourth-order valence-corrected chi connectivity index (χ4v) is 4.22. The van der Waals surface area contributed by atoms with Crippen LogP contribution >= 0.6 is 7.82 Å². The number of esters is 1. The molecule has 30 heavy (non-hydrogen) atoms. The Kier molecular flexibility index (Phi) is 4.70. The minimum Gasteiger partial charge on any atom is -0.780 e. The number of fused-ring (bicyclic) bond motifs is 1. The highest BCUT2D eigenvalue weighted by Gasteiger charge is 2.48. The summed E-state index contributed by atoms with van der Waals surface area (Å²) in [6, 6.07) is 16.4. The van der Waals surface area contributed by atoms with Crippen LogP contribution in [0.15, 0.2) is 60.7 Å². The van der Waals surface area contributed by atoms with E-state index >= 15 is 0 Å². The molecule has 0 aliphatic carbocycles. The zero-order valence-corrected chi connectivity index (χ0v) is 17.0. The van der Waals surface area contributed by atoms with Crippen LogP contribution in [-0.4, -0.2) is 11.1 Å². The number of phosphoric acid groups is 1. The minimum absolute atomic E-state index is 0.0956. The molecule has 1 aliphatic heterocycles. The maximum Gasteiger partial charge on any atom is 0.340 e. The molecular formula is C22H17O7P-2. The lowest BCUT2D eigenvalue weighted by Crippen LogP contribution is -2.29. The Morgan fingerprint density at radius 3 is 2.23 bits per heavy atom. The molecule has 1 aliphatic rings. The molecule has 4 rings (SSSR count). The third kappa shape index (κ3) is 3.27. The quantitative estimate of drug-likeness (QED) is 0.505. The number of cyclic esters (lactones) is 1. The Labute approximate surface area is 172 Å². The molecule has 1 N–H and O–H groups in total. The zero-order valence-electron chi connectivity index (χ0n) is 16.1. The second-order valence-corrected chi connectivity index (χ2v) is 8.21. The molecule has 0 saturated carbocycles. The van der Waals surface area contributed by atoms with E-state index in [0.29, 0.717) is 33.4 Å². The number of aromatic hydroxyl groups is 1. The van der Waals surface area contributed by atoms with Crippen molar-refractivity contribution in [3.63, 3.8) is 0 Å². The molecule has 1 atom stereocenters. The van der Waals surface area contributed by atoms with Crippen LogP contribution in [0.25, 0.3) is 0 Å². The molecule has 1 unspecified atom stereocenters. The van der Waals surface area contributed by atoms with Crippen molar-refractivity contribution in [1.82, 2.24) is 0 Å². The van der Waals surface area contributed by atoms with Crippen molar-refractivity contribution in [2.75, 3.05) is 0 Å². The molecule has 0 amide bonds. The van der Waals surface area contributed by atoms with E-state index in [1.54, 1.807) is 62.4 Å². The number of benzene rings is 3. The maximum absolute atomic E-state index is 12.7. The molecule has 0 bridgehead atoms. The summed E-state index contributed by atoms with van der Waals surface area (Å²) in [7, 11) is -5.22. The van der Waals surface area contributed by atoms with Gasteiger partial charge in [0, 0.05) is 16.7 Å². The van der Waals surface area contributed by atoms with Crippen LogP contribution < -0.4 is 14.3 Å². The Morgan fingerprint density at radius 1 is 0.967 bits per heavy atom. The van der Waals surface area contributed by atoms with Gasteiger partial charge in [-0.2, -0.15) is 0 Å². The van der Waals surface area contributed by atoms with Gasteiger partial charge in [-0.05, 0) is 55.3 Å². The predicted molar refractivity (Wildman–Crippen MR) is 104 cm³/mol. The molecule has 0 fully saturated rings. The molecule has 0 aromatic heterocycles. The number of phosphoric ester groups is 1. The molecule has 0 spiro atoms. The van der Waals surface area contributed by atoms with Crippen LogP contribution in [0.2, 0.25) is 0 Å². The average molecular weight is 424 g/mol. The van der Waals surface area contributed by atoms with Gasteiger partial charge in [-0.1, -0.05) is 30.3 Å². The van der Waals surface area contributed by atoms with Gasteiger partial charge in [0.15, 0.2) is 5.60 Å². The van der Waals surface area contributed by atoms with Gasteiger partial charge in [0.2, 0.25) is 0 Å². The van der Waals surface area contributed by atoms with E-state index in [9.17, 15) is 24.3 Å². The Morgan fingerprint density at radius 2 is 1.60 bits per heavy atom. The first-order chi connectivity index (χ1) is 14.1. The third-order valence-corrected chi connectivity index (χ3v) is 5.59. The highest BCUT2D eigenvalue weighted by Crippen LogP contribution is 2.48. The van der Waals surface area contributed by atoms with Crippen molar-refractivity contribution < 1.29 is 33.5 Å². The first kappa shape index (κ1) is 20.2. The molecule has 0 saturated heterocycles. The second-order valence-electron chi connectivity index (χ2n) is 7.14. The molecule has 8 heteroatoms. The summed E-state index contributed by atoms with van der Waals surface area (Å²) in [4.78, 5) is 34.7. The lowest BCUT2D eigenvalue weighted by Gasteiger charge is -2.32. The summed E-state index contributed by atoms with van der Waals surface area (Å²) in [5.41, 5.74) is 1.85. The van der Waals surface area contributed by atoms with Crippen LogP contribution in [-0.2, 0) is 14.9 Å². The van der Waals surface area contributed by atoms with Crippen molar-refractivity contribution in [1.29, 1.82) is 0 Å². The number of ether oxygens (including phenoxy) is 1.